The van der Waals surface area contributed by atoms with E-state index in [9.17, 15) is 4.79 Å². The lowest BCUT2D eigenvalue weighted by Gasteiger charge is -1.95. The molecule has 0 aliphatic rings. The highest BCUT2D eigenvalue weighted by Crippen LogP contribution is 1.86. The van der Waals surface area contributed by atoms with E-state index >= 15 is 0 Å². The van der Waals surface area contributed by atoms with Crippen molar-refractivity contribution >= 4 is 14.4 Å². The quantitative estimate of drug-likeness (QED) is 0.475. The van der Waals surface area contributed by atoms with E-state index < -0.39 is 12.1 Å². The Kier molecular flexibility index (Phi) is 6.08. The fourth-order valence-electron chi connectivity index (χ4n) is 0.175. The molecular weight excluding hydrogens is 107 g/mol. The normalized spacial score (nSPS) is 11.8. The summed E-state index contributed by atoms with van der Waals surface area (Å²) in [7, 11) is 0. The molecule has 0 aliphatic carbocycles. The number of aliphatic hydroxyl groups is 1. The van der Waals surface area contributed by atoms with Crippen molar-refractivity contribution in [3.8, 4) is 0 Å². The molecule has 0 aliphatic heterocycles. The van der Waals surface area contributed by atoms with E-state index in [1.807, 2.05) is 0 Å². The smallest absolute Gasteiger partial charge is 0.332 e. The molecule has 8 heavy (non-hydrogen) atoms. The van der Waals surface area contributed by atoms with Crippen LogP contribution in [0.5, 0.6) is 0 Å². The molecule has 0 bridgehead atoms. The zero-order chi connectivity index (χ0) is 5.86. The van der Waals surface area contributed by atoms with E-state index in [4.69, 9.17) is 10.2 Å². The molecule has 0 saturated carbocycles. The van der Waals surface area contributed by atoms with Crippen molar-refractivity contribution in [1.29, 1.82) is 0 Å². The lowest BCUT2D eigenvalue weighted by atomic mass is 10.3. The van der Waals surface area contributed by atoms with E-state index in [2.05, 4.69) is 0 Å². The largest absolute Gasteiger partial charge is 0.479 e. The van der Waals surface area contributed by atoms with Crippen molar-refractivity contribution in [2.45, 2.75) is 19.4 Å². The van der Waals surface area contributed by atoms with Crippen molar-refractivity contribution in [3.63, 3.8) is 0 Å². The molecule has 0 amide bonds. The number of aliphatic carboxylic acids is 1. The Hall–Kier alpha value is -0.505. The third kappa shape index (κ3) is 3.68. The number of carboxylic acids is 1. The minimum absolute atomic E-state index is 0. The van der Waals surface area contributed by atoms with Crippen molar-refractivity contribution in [1.82, 2.24) is 0 Å². The van der Waals surface area contributed by atoms with Gasteiger partial charge in [0.05, 0.1) is 0 Å². The summed E-state index contributed by atoms with van der Waals surface area (Å²) in [5.74, 6) is -1.15. The van der Waals surface area contributed by atoms with E-state index in [1.165, 1.54) is 0 Å². The Bertz CT molecular complexity index is 73.7. The predicted octanol–water partition coefficient (Wildman–Crippen LogP) is -0.539. The van der Waals surface area contributed by atoms with Gasteiger partial charge in [-0.1, -0.05) is 6.92 Å². The topological polar surface area (TPSA) is 57.5 Å². The maximum atomic E-state index is 9.68. The van der Waals surface area contributed by atoms with Gasteiger partial charge in [0.2, 0.25) is 0 Å². The number of hydrogen-bond acceptors (Lipinski definition) is 2. The van der Waals surface area contributed by atoms with Crippen LogP contribution in [0, 0.1) is 0 Å². The van der Waals surface area contributed by atoms with Crippen molar-refractivity contribution < 1.29 is 15.0 Å². The van der Waals surface area contributed by atoms with E-state index in [-0.39, 0.29) is 14.8 Å². The third-order valence-electron chi connectivity index (χ3n) is 0.672. The molecule has 1 unspecified atom stereocenters. The number of carboxylic acid groups (broad SMARTS) is 1. The Morgan fingerprint density at radius 3 is 2.12 bits per heavy atom. The van der Waals surface area contributed by atoms with Crippen molar-refractivity contribution in [3.05, 3.63) is 0 Å². The molecule has 0 rings (SSSR count). The van der Waals surface area contributed by atoms with Gasteiger partial charge >= 0.3 is 5.97 Å². The zero-order valence-corrected chi connectivity index (χ0v) is 4.66. The molecular formula is C4H8BO3. The second-order valence-corrected chi connectivity index (χ2v) is 1.26. The third-order valence-corrected chi connectivity index (χ3v) is 0.672. The summed E-state index contributed by atoms with van der Waals surface area (Å²) >= 11 is 0. The Morgan fingerprint density at radius 1 is 1.75 bits per heavy atom. The van der Waals surface area contributed by atoms with Gasteiger partial charge in [-0.15, -0.1) is 0 Å². The summed E-state index contributed by atoms with van der Waals surface area (Å²) in [5.41, 5.74) is 0. The van der Waals surface area contributed by atoms with Crippen LogP contribution in [-0.4, -0.2) is 30.7 Å². The van der Waals surface area contributed by atoms with Crippen LogP contribution in [0.25, 0.3) is 0 Å². The standard InChI is InChI=1S/C4H8O3.B/c1-2-3(5)4(6)7;/h3,5H,2H2,1H3,(H,6,7);. The van der Waals surface area contributed by atoms with Gasteiger partial charge in [-0.3, -0.25) is 0 Å². The Labute approximate surface area is 49.9 Å². The van der Waals surface area contributed by atoms with Gasteiger partial charge in [-0.25, -0.2) is 4.79 Å². The van der Waals surface area contributed by atoms with E-state index in [1.54, 1.807) is 6.92 Å². The highest BCUT2D eigenvalue weighted by molar-refractivity contribution is 5.75. The summed E-state index contributed by atoms with van der Waals surface area (Å²) in [5, 5.41) is 16.3. The average Bonchev–Trinajstić information content (AvgIpc) is 1.65. The summed E-state index contributed by atoms with van der Waals surface area (Å²) < 4.78 is 0. The lowest BCUT2D eigenvalue weighted by molar-refractivity contribution is -0.146. The fraction of sp³-hybridized carbons (Fsp3) is 0.750. The number of hydrogen-bond donors (Lipinski definition) is 2. The Morgan fingerprint density at radius 2 is 2.12 bits per heavy atom. The van der Waals surface area contributed by atoms with Gasteiger partial charge < -0.3 is 10.2 Å². The molecule has 3 nitrogen and oxygen atoms in total. The summed E-state index contributed by atoms with van der Waals surface area (Å²) in [6.45, 7) is 1.61. The molecule has 45 valence electrons. The van der Waals surface area contributed by atoms with Crippen LogP contribution < -0.4 is 0 Å². The highest BCUT2D eigenvalue weighted by atomic mass is 16.4. The minimum atomic E-state index is -1.18. The van der Waals surface area contributed by atoms with Gasteiger partial charge in [0.25, 0.3) is 0 Å². The molecule has 1 atom stereocenters. The molecule has 0 fully saturated rings. The SMILES string of the molecule is CCC(O)C(=O)O.[B]. The zero-order valence-electron chi connectivity index (χ0n) is 4.66. The first-order valence-electron chi connectivity index (χ1n) is 2.09. The maximum absolute atomic E-state index is 9.68. The van der Waals surface area contributed by atoms with Gasteiger partial charge in [0.1, 0.15) is 0 Å². The van der Waals surface area contributed by atoms with Gasteiger partial charge in [0.15, 0.2) is 6.10 Å². The van der Waals surface area contributed by atoms with Gasteiger partial charge in [0, 0.05) is 8.41 Å². The number of carbonyl (C=O) groups is 1. The molecule has 0 aromatic carbocycles. The fourth-order valence-corrected chi connectivity index (χ4v) is 0.175. The summed E-state index contributed by atoms with van der Waals surface area (Å²) in [6, 6.07) is 0. The Balaban J connectivity index is 0. The first-order chi connectivity index (χ1) is 3.18. The average molecular weight is 115 g/mol. The van der Waals surface area contributed by atoms with Crippen LogP contribution in [0.4, 0.5) is 0 Å². The maximum Gasteiger partial charge on any atom is 0.332 e. The molecule has 0 heterocycles. The van der Waals surface area contributed by atoms with Crippen LogP contribution in [0.1, 0.15) is 13.3 Å². The lowest BCUT2D eigenvalue weighted by Crippen LogP contribution is -2.17. The van der Waals surface area contributed by atoms with Crippen LogP contribution in [0.2, 0.25) is 0 Å². The highest BCUT2D eigenvalue weighted by Gasteiger charge is 2.07. The second-order valence-electron chi connectivity index (χ2n) is 1.26. The summed E-state index contributed by atoms with van der Waals surface area (Å²) in [6.07, 6.45) is -0.907. The second kappa shape index (κ2) is 4.65. The van der Waals surface area contributed by atoms with E-state index in [0.717, 1.165) is 0 Å². The van der Waals surface area contributed by atoms with Crippen LogP contribution >= 0.6 is 0 Å². The van der Waals surface area contributed by atoms with Gasteiger partial charge in [-0.2, -0.15) is 0 Å². The number of aliphatic hydroxyl groups excluding tert-OH is 1. The monoisotopic (exact) mass is 115 g/mol. The molecule has 2 N–H and O–H groups in total. The number of rotatable bonds is 2. The molecule has 0 spiro atoms. The van der Waals surface area contributed by atoms with E-state index in [0.29, 0.717) is 0 Å². The molecule has 4 heteroatoms. The van der Waals surface area contributed by atoms with Gasteiger partial charge in [-0.05, 0) is 6.42 Å². The molecule has 0 saturated heterocycles. The van der Waals surface area contributed by atoms with Crippen LogP contribution in [0.3, 0.4) is 0 Å². The first-order valence-corrected chi connectivity index (χ1v) is 2.09. The van der Waals surface area contributed by atoms with Crippen molar-refractivity contribution in [2.24, 2.45) is 0 Å². The molecule has 0 aromatic heterocycles. The predicted molar refractivity (Wildman–Crippen MR) is 29.7 cm³/mol. The van der Waals surface area contributed by atoms with Crippen LogP contribution in [-0.2, 0) is 4.79 Å². The first kappa shape index (κ1) is 10.5. The minimum Gasteiger partial charge on any atom is -0.479 e. The molecule has 3 radical (unpaired) electrons. The van der Waals surface area contributed by atoms with Crippen molar-refractivity contribution in [2.75, 3.05) is 0 Å². The summed E-state index contributed by atoms with van der Waals surface area (Å²) in [4.78, 5) is 9.68. The van der Waals surface area contributed by atoms with Crippen LogP contribution in [0.15, 0.2) is 0 Å². The molecule has 0 aromatic rings.